The van der Waals surface area contributed by atoms with Crippen molar-refractivity contribution in [3.63, 3.8) is 0 Å². The van der Waals surface area contributed by atoms with Gasteiger partial charge in [0.15, 0.2) is 0 Å². The van der Waals surface area contributed by atoms with Gasteiger partial charge < -0.3 is 5.32 Å². The molecule has 2 heteroatoms. The number of fused-ring (bicyclic) bond motifs is 2. The number of halogens is 1. The van der Waals surface area contributed by atoms with Gasteiger partial charge in [-0.2, -0.15) is 0 Å². The van der Waals surface area contributed by atoms with Crippen molar-refractivity contribution >= 4 is 15.9 Å². The Morgan fingerprint density at radius 2 is 2.10 bits per heavy atom. The first-order valence-electron chi connectivity index (χ1n) is 8.59. The average molecular weight is 354 g/mol. The topological polar surface area (TPSA) is 12.0 Å². The molecule has 2 saturated carbocycles. The molecule has 2 rings (SSSR count). The van der Waals surface area contributed by atoms with Crippen LogP contribution in [0.1, 0.15) is 53.4 Å². The van der Waals surface area contributed by atoms with Crippen LogP contribution in [0.3, 0.4) is 0 Å². The van der Waals surface area contributed by atoms with Gasteiger partial charge in [-0.05, 0) is 55.8 Å². The Morgan fingerprint density at radius 3 is 2.76 bits per heavy atom. The zero-order chi connectivity index (χ0) is 15.5. The highest BCUT2D eigenvalue weighted by Gasteiger charge is 2.51. The van der Waals surface area contributed by atoms with Gasteiger partial charge in [-0.15, -0.1) is 0 Å². The first kappa shape index (κ1) is 17.3. The lowest BCUT2D eigenvalue weighted by Crippen LogP contribution is -2.48. The lowest BCUT2D eigenvalue weighted by atomic mass is 9.62. The minimum atomic E-state index is 0.567. The Kier molecular flexibility index (Phi) is 6.14. The van der Waals surface area contributed by atoms with Crippen LogP contribution in [-0.4, -0.2) is 17.9 Å². The Bertz CT molecular complexity index is 396. The van der Waals surface area contributed by atoms with E-state index in [1.807, 2.05) is 0 Å². The van der Waals surface area contributed by atoms with E-state index in [-0.39, 0.29) is 0 Å². The van der Waals surface area contributed by atoms with Crippen molar-refractivity contribution in [1.82, 2.24) is 5.32 Å². The fraction of sp³-hybridized carbons (Fsp3) is 0.789. The molecule has 0 saturated heterocycles. The third kappa shape index (κ3) is 3.82. The van der Waals surface area contributed by atoms with Crippen LogP contribution in [0, 0.1) is 23.2 Å². The van der Waals surface area contributed by atoms with Crippen LogP contribution in [0.4, 0.5) is 0 Å². The maximum atomic E-state index is 3.88. The highest BCUT2D eigenvalue weighted by molar-refractivity contribution is 9.09. The van der Waals surface area contributed by atoms with Crippen LogP contribution >= 0.6 is 15.9 Å². The summed E-state index contributed by atoms with van der Waals surface area (Å²) in [7, 11) is 0. The van der Waals surface area contributed by atoms with E-state index in [0.29, 0.717) is 11.5 Å². The van der Waals surface area contributed by atoms with Gasteiger partial charge in [0.1, 0.15) is 0 Å². The Balaban J connectivity index is 1.93. The second-order valence-corrected chi connectivity index (χ2v) is 8.22. The molecule has 0 heterocycles. The quantitative estimate of drug-likeness (QED) is 0.502. The van der Waals surface area contributed by atoms with E-state index in [9.17, 15) is 0 Å². The molecule has 0 spiro atoms. The normalized spacial score (nSPS) is 35.6. The van der Waals surface area contributed by atoms with Crippen LogP contribution < -0.4 is 5.32 Å². The van der Waals surface area contributed by atoms with E-state index in [4.69, 9.17) is 0 Å². The number of nitrogens with one attached hydrogen (secondary N) is 1. The Labute approximate surface area is 139 Å². The molecule has 2 aliphatic rings. The smallest absolute Gasteiger partial charge is 0.0215 e. The van der Waals surface area contributed by atoms with Gasteiger partial charge in [0.2, 0.25) is 0 Å². The summed E-state index contributed by atoms with van der Waals surface area (Å²) < 4.78 is 0. The lowest BCUT2D eigenvalue weighted by molar-refractivity contribution is 0.0514. The van der Waals surface area contributed by atoms with Crippen LogP contribution in [0.5, 0.6) is 0 Å². The number of hydrogen-bond acceptors (Lipinski definition) is 1. The zero-order valence-corrected chi connectivity index (χ0v) is 15.7. The van der Waals surface area contributed by atoms with Crippen LogP contribution in [0.2, 0.25) is 0 Å². The predicted molar refractivity (Wildman–Crippen MR) is 96.9 cm³/mol. The zero-order valence-electron chi connectivity index (χ0n) is 14.2. The molecule has 0 amide bonds. The first-order valence-corrected chi connectivity index (χ1v) is 9.71. The molecule has 0 radical (unpaired) electrons. The molecule has 2 aliphatic carbocycles. The molecule has 21 heavy (non-hydrogen) atoms. The van der Waals surface area contributed by atoms with E-state index >= 15 is 0 Å². The fourth-order valence-corrected chi connectivity index (χ4v) is 5.19. The second-order valence-electron chi connectivity index (χ2n) is 7.57. The molecule has 4 atom stereocenters. The molecule has 120 valence electrons. The molecule has 0 aromatic carbocycles. The van der Waals surface area contributed by atoms with E-state index in [2.05, 4.69) is 67.2 Å². The Morgan fingerprint density at radius 1 is 1.33 bits per heavy atom. The van der Waals surface area contributed by atoms with Crippen LogP contribution in [-0.2, 0) is 0 Å². The van der Waals surface area contributed by atoms with Gasteiger partial charge in [0.05, 0.1) is 0 Å². The number of hydrogen-bond donors (Lipinski definition) is 1. The van der Waals surface area contributed by atoms with E-state index in [0.717, 1.165) is 36.0 Å². The van der Waals surface area contributed by atoms with Gasteiger partial charge in [-0.3, -0.25) is 0 Å². The maximum Gasteiger partial charge on any atom is 0.0215 e. The standard InChI is InChI=1S/C19H32BrN/c1-5-6-7-15(10-11-20)13-21-18-12-16-8-9-17(14(18)2)19(16,3)4/h5-6,10,14,16-18,21H,7-9,11-13H2,1-4H3/b6-5-,15-10+/t14-,16?,17-,18?/m0/s1. The van der Waals surface area contributed by atoms with Crippen molar-refractivity contribution in [2.24, 2.45) is 23.2 Å². The van der Waals surface area contributed by atoms with E-state index in [1.165, 1.54) is 24.8 Å². The Hall–Kier alpha value is -0.0800. The summed E-state index contributed by atoms with van der Waals surface area (Å²) in [6.07, 6.45) is 12.1. The highest BCUT2D eigenvalue weighted by Crippen LogP contribution is 2.57. The van der Waals surface area contributed by atoms with Crippen molar-refractivity contribution in [1.29, 1.82) is 0 Å². The largest absolute Gasteiger partial charge is 0.310 e. The maximum absolute atomic E-state index is 3.88. The summed E-state index contributed by atoms with van der Waals surface area (Å²) in [5, 5.41) is 4.84. The van der Waals surface area contributed by atoms with E-state index in [1.54, 1.807) is 0 Å². The minimum absolute atomic E-state index is 0.567. The monoisotopic (exact) mass is 353 g/mol. The average Bonchev–Trinajstić information content (AvgIpc) is 2.62. The molecular formula is C19H32BrN. The first-order chi connectivity index (χ1) is 10.0. The fourth-order valence-electron chi connectivity index (χ4n) is 4.73. The van der Waals surface area contributed by atoms with Crippen molar-refractivity contribution in [3.8, 4) is 0 Å². The number of alkyl halides is 1. The lowest BCUT2D eigenvalue weighted by Gasteiger charge is -2.46. The van der Waals surface area contributed by atoms with Gasteiger partial charge in [-0.25, -0.2) is 0 Å². The summed E-state index contributed by atoms with van der Waals surface area (Å²) in [6.45, 7) is 10.6. The highest BCUT2D eigenvalue weighted by atomic mass is 79.9. The summed E-state index contributed by atoms with van der Waals surface area (Å²) in [5.74, 6) is 2.65. The van der Waals surface area contributed by atoms with Crippen molar-refractivity contribution in [3.05, 3.63) is 23.8 Å². The summed E-state index contributed by atoms with van der Waals surface area (Å²) >= 11 is 3.54. The van der Waals surface area contributed by atoms with Crippen LogP contribution in [0.15, 0.2) is 23.8 Å². The van der Waals surface area contributed by atoms with Gasteiger partial charge in [0.25, 0.3) is 0 Å². The van der Waals surface area contributed by atoms with Crippen molar-refractivity contribution < 1.29 is 0 Å². The minimum Gasteiger partial charge on any atom is -0.310 e. The van der Waals surface area contributed by atoms with Crippen LogP contribution in [0.25, 0.3) is 0 Å². The predicted octanol–water partition coefficient (Wildman–Crippen LogP) is 5.32. The summed E-state index contributed by atoms with van der Waals surface area (Å²) in [5.41, 5.74) is 2.08. The molecule has 0 aliphatic heterocycles. The summed E-state index contributed by atoms with van der Waals surface area (Å²) in [4.78, 5) is 0. The molecule has 1 nitrogen and oxygen atoms in total. The van der Waals surface area contributed by atoms with Gasteiger partial charge in [0, 0.05) is 17.9 Å². The third-order valence-electron chi connectivity index (χ3n) is 6.21. The molecule has 1 N–H and O–H groups in total. The summed E-state index contributed by atoms with van der Waals surface area (Å²) in [6, 6.07) is 0.708. The number of allylic oxidation sites excluding steroid dienone is 3. The van der Waals surface area contributed by atoms with Crippen molar-refractivity contribution in [2.75, 3.05) is 11.9 Å². The van der Waals surface area contributed by atoms with E-state index < -0.39 is 0 Å². The third-order valence-corrected chi connectivity index (χ3v) is 6.54. The molecule has 2 fully saturated rings. The SMILES string of the molecule is C/C=C\C/C(=C\CBr)CNC1CC2CC[C@@H]([C@@H]1C)C2(C)C. The van der Waals surface area contributed by atoms with Gasteiger partial charge >= 0.3 is 0 Å². The molecule has 0 aromatic heterocycles. The second kappa shape index (κ2) is 7.46. The molecule has 2 bridgehead atoms. The van der Waals surface area contributed by atoms with Gasteiger partial charge in [-0.1, -0.05) is 60.5 Å². The number of rotatable bonds is 6. The molecule has 2 unspecified atom stereocenters. The molecule has 0 aromatic rings. The molecular weight excluding hydrogens is 322 g/mol. The van der Waals surface area contributed by atoms with Crippen molar-refractivity contribution in [2.45, 2.75) is 59.4 Å².